The number of aromatic nitrogens is 3. The minimum Gasteiger partial charge on any atom is -0.362 e. The lowest BCUT2D eigenvalue weighted by Crippen LogP contribution is -2.37. The summed E-state index contributed by atoms with van der Waals surface area (Å²) in [4.78, 5) is 18.2. The maximum atomic E-state index is 12.1. The maximum absolute atomic E-state index is 12.1. The van der Waals surface area contributed by atoms with Crippen LogP contribution in [0.2, 0.25) is 0 Å². The largest absolute Gasteiger partial charge is 0.362 e. The number of aryl methyl sites for hydroxylation is 2. The number of anilines is 1. The molecule has 112 valence electrons. The van der Waals surface area contributed by atoms with E-state index in [2.05, 4.69) is 20.0 Å². The van der Waals surface area contributed by atoms with Gasteiger partial charge in [0, 0.05) is 44.5 Å². The third-order valence-electron chi connectivity index (χ3n) is 3.90. The highest BCUT2D eigenvalue weighted by atomic mass is 16.5. The zero-order chi connectivity index (χ0) is 14.8. The van der Waals surface area contributed by atoms with Gasteiger partial charge in [0.1, 0.15) is 12.1 Å². The molecule has 0 unspecified atom stereocenters. The first-order valence-corrected chi connectivity index (χ1v) is 7.06. The summed E-state index contributed by atoms with van der Waals surface area (Å²) in [6.45, 7) is 3.51. The molecule has 0 aliphatic carbocycles. The summed E-state index contributed by atoms with van der Waals surface area (Å²) in [6.07, 6.45) is 7.32. The summed E-state index contributed by atoms with van der Waals surface area (Å²) in [6, 6.07) is -0.166. The number of nitrogens with zero attached hydrogens (tertiary/aromatic N) is 4. The summed E-state index contributed by atoms with van der Waals surface area (Å²) < 4.78 is 6.99. The quantitative estimate of drug-likeness (QED) is 0.936. The number of rotatable bonds is 3. The number of imidazole rings is 1. The number of amides is 2. The normalized spacial score (nSPS) is 17.3. The Morgan fingerprint density at radius 3 is 3.24 bits per heavy atom. The molecule has 3 rings (SSSR count). The molecule has 0 saturated heterocycles. The highest BCUT2D eigenvalue weighted by Gasteiger charge is 2.22. The molecule has 0 saturated carbocycles. The van der Waals surface area contributed by atoms with Gasteiger partial charge in [0.25, 0.3) is 0 Å². The molecule has 0 aromatic carbocycles. The van der Waals surface area contributed by atoms with Crippen LogP contribution in [0.3, 0.4) is 0 Å². The number of fused-ring (bicyclic) bond motifs is 1. The van der Waals surface area contributed by atoms with Gasteiger partial charge in [0.15, 0.2) is 5.82 Å². The molecule has 1 N–H and O–H groups in total. The van der Waals surface area contributed by atoms with Crippen molar-refractivity contribution in [3.8, 4) is 0 Å². The van der Waals surface area contributed by atoms with Crippen LogP contribution in [0.25, 0.3) is 0 Å². The van der Waals surface area contributed by atoms with E-state index in [1.54, 1.807) is 11.9 Å². The van der Waals surface area contributed by atoms with Crippen molar-refractivity contribution in [1.82, 2.24) is 19.6 Å². The second kappa shape index (κ2) is 5.59. The summed E-state index contributed by atoms with van der Waals surface area (Å²) in [5, 5.41) is 6.52. The number of carbonyl (C=O) groups excluding carboxylic acids is 1. The van der Waals surface area contributed by atoms with Gasteiger partial charge in [-0.05, 0) is 19.3 Å². The Hall–Kier alpha value is -2.31. The average Bonchev–Trinajstić information content (AvgIpc) is 3.07. The number of urea groups is 1. The fourth-order valence-electron chi connectivity index (χ4n) is 2.65. The first-order chi connectivity index (χ1) is 10.1. The minimum absolute atomic E-state index is 0.166. The van der Waals surface area contributed by atoms with E-state index >= 15 is 0 Å². The van der Waals surface area contributed by atoms with Crippen molar-refractivity contribution >= 4 is 11.8 Å². The molecule has 2 amide bonds. The van der Waals surface area contributed by atoms with Crippen molar-refractivity contribution in [3.05, 3.63) is 30.0 Å². The van der Waals surface area contributed by atoms with Crippen molar-refractivity contribution < 1.29 is 9.32 Å². The fourth-order valence-corrected chi connectivity index (χ4v) is 2.65. The Balaban J connectivity index is 1.56. The van der Waals surface area contributed by atoms with E-state index in [1.165, 1.54) is 6.26 Å². The third-order valence-corrected chi connectivity index (χ3v) is 3.90. The molecule has 0 fully saturated rings. The monoisotopic (exact) mass is 289 g/mol. The van der Waals surface area contributed by atoms with E-state index < -0.39 is 0 Å². The van der Waals surface area contributed by atoms with Gasteiger partial charge in [-0.1, -0.05) is 5.16 Å². The van der Waals surface area contributed by atoms with Crippen LogP contribution in [0, 0.1) is 12.8 Å². The van der Waals surface area contributed by atoms with Gasteiger partial charge in [-0.2, -0.15) is 0 Å². The van der Waals surface area contributed by atoms with Gasteiger partial charge in [0.05, 0.1) is 0 Å². The van der Waals surface area contributed by atoms with Crippen LogP contribution < -0.4 is 5.32 Å². The van der Waals surface area contributed by atoms with Gasteiger partial charge in [0.2, 0.25) is 0 Å². The number of hydrogen-bond donors (Lipinski definition) is 1. The van der Waals surface area contributed by atoms with E-state index in [-0.39, 0.29) is 6.03 Å². The summed E-state index contributed by atoms with van der Waals surface area (Å²) in [5.41, 5.74) is 0.816. The lowest BCUT2D eigenvalue weighted by atomic mass is 9.97. The van der Waals surface area contributed by atoms with Gasteiger partial charge >= 0.3 is 6.03 Å². The predicted octanol–water partition coefficient (Wildman–Crippen LogP) is 1.91. The Bertz CT molecular complexity index is 633. The van der Waals surface area contributed by atoms with Crippen molar-refractivity contribution in [3.63, 3.8) is 0 Å². The highest BCUT2D eigenvalue weighted by Crippen LogP contribution is 2.20. The second-order valence-corrected chi connectivity index (χ2v) is 5.55. The number of hydrogen-bond acceptors (Lipinski definition) is 4. The van der Waals surface area contributed by atoms with Crippen molar-refractivity contribution in [2.24, 2.45) is 5.92 Å². The molecule has 0 radical (unpaired) electrons. The Morgan fingerprint density at radius 2 is 2.48 bits per heavy atom. The first kappa shape index (κ1) is 13.7. The highest BCUT2D eigenvalue weighted by molar-refractivity contribution is 5.88. The fraction of sp³-hybridized carbons (Fsp3) is 0.500. The lowest BCUT2D eigenvalue weighted by Gasteiger charge is -2.27. The second-order valence-electron chi connectivity index (χ2n) is 5.55. The topological polar surface area (TPSA) is 76.2 Å². The third kappa shape index (κ3) is 2.91. The van der Waals surface area contributed by atoms with Crippen LogP contribution in [0.15, 0.2) is 23.2 Å². The predicted molar refractivity (Wildman–Crippen MR) is 76.9 cm³/mol. The summed E-state index contributed by atoms with van der Waals surface area (Å²) in [5.74, 6) is 2.02. The molecular weight excluding hydrogens is 270 g/mol. The van der Waals surface area contributed by atoms with Crippen LogP contribution in [-0.4, -0.2) is 39.2 Å². The Kier molecular flexibility index (Phi) is 3.64. The van der Waals surface area contributed by atoms with Gasteiger partial charge in [-0.3, -0.25) is 5.32 Å². The van der Waals surface area contributed by atoms with Crippen molar-refractivity contribution in [1.29, 1.82) is 0 Å². The lowest BCUT2D eigenvalue weighted by molar-refractivity contribution is 0.207. The van der Waals surface area contributed by atoms with Crippen LogP contribution in [0.5, 0.6) is 0 Å². The molecule has 21 heavy (non-hydrogen) atoms. The summed E-state index contributed by atoms with van der Waals surface area (Å²) >= 11 is 0. The maximum Gasteiger partial charge on any atom is 0.322 e. The van der Waals surface area contributed by atoms with E-state index in [4.69, 9.17) is 4.52 Å². The zero-order valence-electron chi connectivity index (χ0n) is 12.2. The molecule has 1 aliphatic heterocycles. The molecular formula is C14H19N5O2. The Morgan fingerprint density at radius 1 is 1.62 bits per heavy atom. The van der Waals surface area contributed by atoms with E-state index in [1.807, 2.05) is 19.3 Å². The van der Waals surface area contributed by atoms with Gasteiger partial charge in [-0.15, -0.1) is 0 Å². The van der Waals surface area contributed by atoms with Crippen LogP contribution in [-0.2, 0) is 13.0 Å². The standard InChI is InChI=1S/C14H19N5O2/c1-10-9-21-17-13(10)16-14(20)18(2)8-11-3-5-19-6-4-15-12(19)7-11/h4,6,9,11H,3,5,7-8H2,1-2H3,(H,16,17,20)/t11-/m1/s1. The van der Waals surface area contributed by atoms with Crippen LogP contribution in [0.1, 0.15) is 17.8 Å². The van der Waals surface area contributed by atoms with Crippen molar-refractivity contribution in [2.45, 2.75) is 26.3 Å². The van der Waals surface area contributed by atoms with Crippen LogP contribution >= 0.6 is 0 Å². The van der Waals surface area contributed by atoms with Crippen LogP contribution in [0.4, 0.5) is 10.6 Å². The van der Waals surface area contributed by atoms with E-state index in [9.17, 15) is 4.79 Å². The first-order valence-electron chi connectivity index (χ1n) is 7.06. The van der Waals surface area contributed by atoms with E-state index in [0.717, 1.165) is 30.8 Å². The molecule has 7 nitrogen and oxygen atoms in total. The average molecular weight is 289 g/mol. The zero-order valence-corrected chi connectivity index (χ0v) is 12.2. The minimum atomic E-state index is -0.166. The smallest absolute Gasteiger partial charge is 0.322 e. The molecule has 2 aromatic rings. The molecule has 7 heteroatoms. The van der Waals surface area contributed by atoms with Crippen molar-refractivity contribution in [2.75, 3.05) is 18.9 Å². The molecule has 0 spiro atoms. The number of nitrogens with one attached hydrogen (secondary N) is 1. The van der Waals surface area contributed by atoms with Gasteiger partial charge < -0.3 is 14.0 Å². The Labute approximate surface area is 122 Å². The molecule has 0 bridgehead atoms. The van der Waals surface area contributed by atoms with E-state index in [0.29, 0.717) is 18.3 Å². The SMILES string of the molecule is Cc1conc1NC(=O)N(C)C[C@@H]1CCn2ccnc2C1. The summed E-state index contributed by atoms with van der Waals surface area (Å²) in [7, 11) is 1.80. The molecule has 2 aromatic heterocycles. The molecule has 1 atom stereocenters. The van der Waals surface area contributed by atoms with Gasteiger partial charge in [-0.25, -0.2) is 9.78 Å². The molecule has 3 heterocycles. The molecule has 1 aliphatic rings. The number of carbonyl (C=O) groups is 1.